The number of aliphatic hydroxyl groups excluding tert-OH is 1. The van der Waals surface area contributed by atoms with E-state index in [9.17, 15) is 19.5 Å². The summed E-state index contributed by atoms with van der Waals surface area (Å²) in [5.41, 5.74) is 8.36. The Labute approximate surface area is 245 Å². The molecule has 1 heterocycles. The number of rotatable bonds is 12. The van der Waals surface area contributed by atoms with Crippen molar-refractivity contribution in [3.05, 3.63) is 64.7 Å². The van der Waals surface area contributed by atoms with Crippen LogP contribution in [0, 0.1) is 0 Å². The SMILES string of the molecule is COC(=O)C(N)C(C)(C)SCC(=O)N(CCO)c1ccc(C(=O)N2CCN(CCc3ccc(Cl)cc3)CC2)cc1. The lowest BCUT2D eigenvalue weighted by Gasteiger charge is -2.35. The van der Waals surface area contributed by atoms with Gasteiger partial charge in [-0.1, -0.05) is 23.7 Å². The van der Waals surface area contributed by atoms with Crippen LogP contribution in [0.15, 0.2) is 48.5 Å². The zero-order valence-electron chi connectivity index (χ0n) is 23.3. The van der Waals surface area contributed by atoms with Crippen molar-refractivity contribution < 1.29 is 24.2 Å². The molecular formula is C29H39ClN4O5S. The molecule has 0 bridgehead atoms. The first-order valence-electron chi connectivity index (χ1n) is 13.3. The van der Waals surface area contributed by atoms with Gasteiger partial charge >= 0.3 is 5.97 Å². The number of hydrogen-bond donors (Lipinski definition) is 2. The Kier molecular flexibility index (Phi) is 11.8. The molecular weight excluding hydrogens is 552 g/mol. The number of nitrogens with two attached hydrogens (primary N) is 1. The number of amides is 2. The second-order valence-electron chi connectivity index (χ2n) is 10.2. The van der Waals surface area contributed by atoms with Crippen molar-refractivity contribution in [2.75, 3.05) is 63.6 Å². The lowest BCUT2D eigenvalue weighted by molar-refractivity contribution is -0.142. The Hall–Kier alpha value is -2.63. The molecule has 3 N–H and O–H groups in total. The molecule has 1 atom stereocenters. The van der Waals surface area contributed by atoms with Gasteiger partial charge in [0.25, 0.3) is 5.91 Å². The van der Waals surface area contributed by atoms with Crippen molar-refractivity contribution in [1.82, 2.24) is 9.80 Å². The molecule has 11 heteroatoms. The van der Waals surface area contributed by atoms with Crippen LogP contribution in [0.1, 0.15) is 29.8 Å². The fraction of sp³-hybridized carbons (Fsp3) is 0.483. The van der Waals surface area contributed by atoms with Crippen LogP contribution in [-0.4, -0.2) is 102 Å². The number of benzene rings is 2. The highest BCUT2D eigenvalue weighted by atomic mass is 35.5. The van der Waals surface area contributed by atoms with Crippen LogP contribution in [0.25, 0.3) is 0 Å². The maximum absolute atomic E-state index is 13.1. The molecule has 1 aliphatic heterocycles. The van der Waals surface area contributed by atoms with E-state index in [4.69, 9.17) is 22.1 Å². The molecule has 3 rings (SSSR count). The van der Waals surface area contributed by atoms with Crippen LogP contribution in [-0.2, 0) is 20.7 Å². The summed E-state index contributed by atoms with van der Waals surface area (Å²) in [7, 11) is 1.27. The molecule has 2 aromatic rings. The molecule has 9 nitrogen and oxygen atoms in total. The Morgan fingerprint density at radius 2 is 1.70 bits per heavy atom. The van der Waals surface area contributed by atoms with E-state index in [1.54, 1.807) is 38.1 Å². The van der Waals surface area contributed by atoms with Crippen molar-refractivity contribution in [3.63, 3.8) is 0 Å². The predicted molar refractivity (Wildman–Crippen MR) is 160 cm³/mol. The zero-order valence-corrected chi connectivity index (χ0v) is 24.9. The van der Waals surface area contributed by atoms with E-state index >= 15 is 0 Å². The standard InChI is InChI=1S/C29H39ClN4O5S/c1-29(2,26(31)28(38)39-3)40-20-25(36)34(18-19-35)24-10-6-22(7-11-24)27(37)33-16-14-32(15-17-33)13-12-21-4-8-23(30)9-5-21/h4-11,26,35H,12-20,31H2,1-3H3. The van der Waals surface area contributed by atoms with Crippen LogP contribution in [0.3, 0.4) is 0 Å². The van der Waals surface area contributed by atoms with Crippen molar-refractivity contribution in [2.24, 2.45) is 5.73 Å². The lowest BCUT2D eigenvalue weighted by atomic mass is 10.1. The number of thioether (sulfide) groups is 1. The molecule has 0 spiro atoms. The van der Waals surface area contributed by atoms with Crippen LogP contribution in [0.2, 0.25) is 5.02 Å². The van der Waals surface area contributed by atoms with Crippen molar-refractivity contribution in [3.8, 4) is 0 Å². The van der Waals surface area contributed by atoms with Gasteiger partial charge in [-0.25, -0.2) is 0 Å². The van der Waals surface area contributed by atoms with Crippen molar-refractivity contribution in [2.45, 2.75) is 31.1 Å². The molecule has 1 fully saturated rings. The topological polar surface area (TPSA) is 116 Å². The fourth-order valence-corrected chi connectivity index (χ4v) is 5.46. The highest BCUT2D eigenvalue weighted by Gasteiger charge is 2.34. The van der Waals surface area contributed by atoms with Crippen LogP contribution in [0.5, 0.6) is 0 Å². The first kappa shape index (κ1) is 31.9. The largest absolute Gasteiger partial charge is 0.468 e. The third-order valence-corrected chi connectivity index (χ3v) is 8.75. The molecule has 1 unspecified atom stereocenters. The van der Waals surface area contributed by atoms with Crippen LogP contribution < -0.4 is 10.6 Å². The average molecular weight is 591 g/mol. The number of anilines is 1. The maximum Gasteiger partial charge on any atom is 0.324 e. The maximum atomic E-state index is 13.1. The summed E-state index contributed by atoms with van der Waals surface area (Å²) >= 11 is 7.21. The number of carbonyl (C=O) groups is 3. The van der Waals surface area contributed by atoms with E-state index in [1.807, 2.05) is 29.2 Å². The van der Waals surface area contributed by atoms with Gasteiger partial charge in [-0.3, -0.25) is 19.3 Å². The van der Waals surface area contributed by atoms with Gasteiger partial charge in [-0.2, -0.15) is 0 Å². The Bertz CT molecular complexity index is 1140. The number of esters is 1. The lowest BCUT2D eigenvalue weighted by Crippen LogP contribution is -2.49. The first-order chi connectivity index (χ1) is 19.1. The summed E-state index contributed by atoms with van der Waals surface area (Å²) in [4.78, 5) is 43.7. The highest BCUT2D eigenvalue weighted by molar-refractivity contribution is 8.01. The number of methoxy groups -OCH3 is 1. The van der Waals surface area contributed by atoms with Gasteiger partial charge in [-0.05, 0) is 62.2 Å². The first-order valence-corrected chi connectivity index (χ1v) is 14.7. The van der Waals surface area contributed by atoms with Gasteiger partial charge in [-0.15, -0.1) is 11.8 Å². The number of ether oxygens (including phenoxy) is 1. The van der Waals surface area contributed by atoms with Gasteiger partial charge in [0.1, 0.15) is 6.04 Å². The number of piperazine rings is 1. The molecule has 1 aliphatic rings. The number of halogens is 1. The van der Waals surface area contributed by atoms with Gasteiger partial charge < -0.3 is 25.4 Å². The zero-order chi connectivity index (χ0) is 29.3. The Morgan fingerprint density at radius 3 is 2.27 bits per heavy atom. The van der Waals surface area contributed by atoms with E-state index in [1.165, 1.54) is 29.3 Å². The highest BCUT2D eigenvalue weighted by Crippen LogP contribution is 2.29. The van der Waals surface area contributed by atoms with Gasteiger partial charge in [0.2, 0.25) is 5.91 Å². The second-order valence-corrected chi connectivity index (χ2v) is 12.3. The average Bonchev–Trinajstić information content (AvgIpc) is 2.97. The number of aliphatic hydroxyl groups is 1. The van der Waals surface area contributed by atoms with E-state index in [-0.39, 0.29) is 30.7 Å². The Morgan fingerprint density at radius 1 is 1.07 bits per heavy atom. The van der Waals surface area contributed by atoms with Crippen molar-refractivity contribution in [1.29, 1.82) is 0 Å². The third kappa shape index (κ3) is 8.68. The summed E-state index contributed by atoms with van der Waals surface area (Å²) in [6.07, 6.45) is 0.934. The third-order valence-electron chi connectivity index (χ3n) is 7.11. The smallest absolute Gasteiger partial charge is 0.324 e. The minimum Gasteiger partial charge on any atom is -0.468 e. The van der Waals surface area contributed by atoms with E-state index < -0.39 is 16.8 Å². The van der Waals surface area contributed by atoms with E-state index in [0.717, 1.165) is 31.1 Å². The van der Waals surface area contributed by atoms with Crippen LogP contribution in [0.4, 0.5) is 5.69 Å². The van der Waals surface area contributed by atoms with Crippen molar-refractivity contribution >= 4 is 46.8 Å². The fourth-order valence-electron chi connectivity index (χ4n) is 4.40. The van der Waals surface area contributed by atoms with Crippen LogP contribution >= 0.6 is 23.4 Å². The van der Waals surface area contributed by atoms with Gasteiger partial charge in [0.05, 0.1) is 19.5 Å². The molecule has 40 heavy (non-hydrogen) atoms. The molecule has 1 saturated heterocycles. The normalized spacial score (nSPS) is 15.0. The monoisotopic (exact) mass is 590 g/mol. The molecule has 0 aromatic heterocycles. The summed E-state index contributed by atoms with van der Waals surface area (Å²) in [5, 5.41) is 10.3. The molecule has 0 saturated carbocycles. The summed E-state index contributed by atoms with van der Waals surface area (Å²) in [6, 6.07) is 13.9. The van der Waals surface area contributed by atoms with E-state index in [0.29, 0.717) is 24.3 Å². The van der Waals surface area contributed by atoms with Gasteiger partial charge in [0, 0.05) is 60.3 Å². The molecule has 0 aliphatic carbocycles. The summed E-state index contributed by atoms with van der Waals surface area (Å²) in [5.74, 6) is -0.770. The van der Waals surface area contributed by atoms with E-state index in [2.05, 4.69) is 4.90 Å². The number of nitrogens with zero attached hydrogens (tertiary/aromatic N) is 3. The molecule has 218 valence electrons. The predicted octanol–water partition coefficient (Wildman–Crippen LogP) is 2.68. The minimum absolute atomic E-state index is 0.0435. The quantitative estimate of drug-likeness (QED) is 0.363. The number of carbonyl (C=O) groups excluding carboxylic acids is 3. The number of hydrogen-bond acceptors (Lipinski definition) is 8. The molecule has 2 amide bonds. The molecule has 0 radical (unpaired) electrons. The van der Waals surface area contributed by atoms with Gasteiger partial charge in [0.15, 0.2) is 0 Å². The Balaban J connectivity index is 1.54. The molecule has 2 aromatic carbocycles. The summed E-state index contributed by atoms with van der Waals surface area (Å²) in [6.45, 7) is 7.29. The summed E-state index contributed by atoms with van der Waals surface area (Å²) < 4.78 is 4.00. The minimum atomic E-state index is -0.891. The second kappa shape index (κ2) is 14.8.